The summed E-state index contributed by atoms with van der Waals surface area (Å²) in [5.41, 5.74) is 0. The van der Waals surface area contributed by atoms with Gasteiger partial charge in [-0.3, -0.25) is 0 Å². The second kappa shape index (κ2) is 6.30. The summed E-state index contributed by atoms with van der Waals surface area (Å²) in [7, 11) is 0. The van der Waals surface area contributed by atoms with E-state index in [0.717, 1.165) is 4.91 Å². The van der Waals surface area contributed by atoms with Crippen LogP contribution in [0, 0.1) is 11.3 Å². The average molecular weight is 213 g/mol. The number of rotatable bonds is 2. The Labute approximate surface area is 79.7 Å². The molecule has 0 bridgehead atoms. The maximum atomic E-state index is 5.77. The molecule has 0 radical (unpaired) electrons. The standard InChI is InChI=1S/C6H6Cl2S2/c1-9-5(3-4-7)6(8)10-2/h1-2H3/b6-5-. The van der Waals surface area contributed by atoms with Crippen LogP contribution in [-0.4, -0.2) is 12.5 Å². The van der Waals surface area contributed by atoms with Crippen LogP contribution in [0.1, 0.15) is 0 Å². The molecule has 0 fully saturated rings. The predicted octanol–water partition coefficient (Wildman–Crippen LogP) is 3.32. The SMILES string of the molecule is CS/C(Cl)=C(/C#CCl)SC. The minimum absolute atomic E-state index is 0.695. The Morgan fingerprint density at radius 3 is 2.20 bits per heavy atom. The first-order valence-corrected chi connectivity index (χ1v) is 5.56. The van der Waals surface area contributed by atoms with Crippen LogP contribution in [0.2, 0.25) is 0 Å². The molecule has 0 aliphatic carbocycles. The van der Waals surface area contributed by atoms with E-state index in [2.05, 4.69) is 11.3 Å². The average Bonchev–Trinajstić information content (AvgIpc) is 1.99. The lowest BCUT2D eigenvalue weighted by molar-refractivity contribution is 2.09. The summed E-state index contributed by atoms with van der Waals surface area (Å²) in [6.07, 6.45) is 3.81. The molecule has 0 aromatic rings. The highest BCUT2D eigenvalue weighted by molar-refractivity contribution is 8.07. The van der Waals surface area contributed by atoms with Gasteiger partial charge in [0.2, 0.25) is 0 Å². The van der Waals surface area contributed by atoms with Gasteiger partial charge < -0.3 is 0 Å². The van der Waals surface area contributed by atoms with Gasteiger partial charge in [-0.25, -0.2) is 0 Å². The van der Waals surface area contributed by atoms with E-state index >= 15 is 0 Å². The molecule has 0 saturated carbocycles. The van der Waals surface area contributed by atoms with Gasteiger partial charge in [-0.2, -0.15) is 0 Å². The Balaban J connectivity index is 4.40. The second-order valence-corrected chi connectivity index (χ2v) is 3.65. The Morgan fingerprint density at radius 1 is 1.30 bits per heavy atom. The molecule has 4 heteroatoms. The topological polar surface area (TPSA) is 0 Å². The molecular formula is C6H6Cl2S2. The highest BCUT2D eigenvalue weighted by atomic mass is 35.5. The zero-order chi connectivity index (χ0) is 7.98. The van der Waals surface area contributed by atoms with E-state index in [-0.39, 0.29) is 0 Å². The lowest BCUT2D eigenvalue weighted by Gasteiger charge is -1.95. The molecule has 0 aliphatic heterocycles. The third-order valence-electron chi connectivity index (χ3n) is 0.723. The lowest BCUT2D eigenvalue weighted by Crippen LogP contribution is -1.71. The Hall–Kier alpha value is 0.580. The largest absolute Gasteiger partial charge is 0.119 e. The van der Waals surface area contributed by atoms with Crippen LogP contribution in [0.15, 0.2) is 9.27 Å². The van der Waals surface area contributed by atoms with Crippen molar-refractivity contribution in [2.45, 2.75) is 0 Å². The highest BCUT2D eigenvalue weighted by Gasteiger charge is 1.97. The van der Waals surface area contributed by atoms with Crippen LogP contribution in [0.25, 0.3) is 0 Å². The van der Waals surface area contributed by atoms with E-state index in [1.807, 2.05) is 12.5 Å². The van der Waals surface area contributed by atoms with Crippen LogP contribution < -0.4 is 0 Å². The quantitative estimate of drug-likeness (QED) is 0.645. The van der Waals surface area contributed by atoms with E-state index < -0.39 is 0 Å². The van der Waals surface area contributed by atoms with Crippen LogP contribution in [0.4, 0.5) is 0 Å². The van der Waals surface area contributed by atoms with Crippen molar-refractivity contribution in [3.05, 3.63) is 9.27 Å². The van der Waals surface area contributed by atoms with Crippen molar-refractivity contribution in [1.29, 1.82) is 0 Å². The van der Waals surface area contributed by atoms with Crippen molar-refractivity contribution in [2.24, 2.45) is 0 Å². The third-order valence-corrected chi connectivity index (χ3v) is 2.99. The number of thioether (sulfide) groups is 2. The summed E-state index contributed by atoms with van der Waals surface area (Å²) in [6.45, 7) is 0. The predicted molar refractivity (Wildman–Crippen MR) is 53.5 cm³/mol. The monoisotopic (exact) mass is 212 g/mol. The van der Waals surface area contributed by atoms with Gasteiger partial charge in [0.25, 0.3) is 0 Å². The molecule has 0 aliphatic rings. The Bertz CT molecular complexity index is 188. The lowest BCUT2D eigenvalue weighted by atomic mass is 10.7. The van der Waals surface area contributed by atoms with Crippen molar-refractivity contribution < 1.29 is 0 Å². The number of allylic oxidation sites excluding steroid dienone is 1. The molecule has 0 amide bonds. The third kappa shape index (κ3) is 3.68. The summed E-state index contributed by atoms with van der Waals surface area (Å²) < 4.78 is 0.695. The number of hydrogen-bond donors (Lipinski definition) is 0. The molecule has 0 aromatic carbocycles. The molecule has 0 aromatic heterocycles. The Morgan fingerprint density at radius 2 is 1.90 bits per heavy atom. The van der Waals surface area contributed by atoms with Gasteiger partial charge in [-0.05, 0) is 30.0 Å². The van der Waals surface area contributed by atoms with Crippen molar-refractivity contribution in [1.82, 2.24) is 0 Å². The highest BCUT2D eigenvalue weighted by Crippen LogP contribution is 2.26. The van der Waals surface area contributed by atoms with Crippen molar-refractivity contribution in [2.75, 3.05) is 12.5 Å². The fourth-order valence-electron chi connectivity index (χ4n) is 0.316. The van der Waals surface area contributed by atoms with Crippen LogP contribution in [0.3, 0.4) is 0 Å². The smallest absolute Gasteiger partial charge is 0.0953 e. The summed E-state index contributed by atoms with van der Waals surface area (Å²) in [6, 6.07) is 0. The van der Waals surface area contributed by atoms with Gasteiger partial charge in [-0.15, -0.1) is 23.5 Å². The molecule has 0 N–H and O–H groups in total. The fourth-order valence-corrected chi connectivity index (χ4v) is 1.80. The number of hydrogen-bond acceptors (Lipinski definition) is 2. The van der Waals surface area contributed by atoms with Crippen LogP contribution in [-0.2, 0) is 0 Å². The molecule has 0 heterocycles. The van der Waals surface area contributed by atoms with E-state index in [1.54, 1.807) is 0 Å². The van der Waals surface area contributed by atoms with Crippen molar-refractivity contribution in [3.8, 4) is 11.3 Å². The van der Waals surface area contributed by atoms with E-state index in [1.165, 1.54) is 23.5 Å². The first-order valence-electron chi connectivity index (χ1n) is 2.35. The molecule has 0 atom stereocenters. The van der Waals surface area contributed by atoms with Gasteiger partial charge in [0.15, 0.2) is 0 Å². The minimum Gasteiger partial charge on any atom is -0.119 e. The molecule has 0 nitrogen and oxygen atoms in total. The number of halogens is 2. The van der Waals surface area contributed by atoms with E-state index in [0.29, 0.717) is 4.36 Å². The van der Waals surface area contributed by atoms with Gasteiger partial charge >= 0.3 is 0 Å². The van der Waals surface area contributed by atoms with E-state index in [4.69, 9.17) is 23.2 Å². The van der Waals surface area contributed by atoms with Gasteiger partial charge in [-0.1, -0.05) is 11.6 Å². The molecule has 10 heavy (non-hydrogen) atoms. The first kappa shape index (κ1) is 10.6. The fraction of sp³-hybridized carbons (Fsp3) is 0.333. The maximum Gasteiger partial charge on any atom is 0.0953 e. The van der Waals surface area contributed by atoms with Gasteiger partial charge in [0.05, 0.1) is 9.27 Å². The summed E-state index contributed by atoms with van der Waals surface area (Å²) in [5, 5.41) is 2.28. The minimum atomic E-state index is 0.695. The van der Waals surface area contributed by atoms with Crippen LogP contribution in [0.5, 0.6) is 0 Å². The normalized spacial score (nSPS) is 11.6. The van der Waals surface area contributed by atoms with Crippen molar-refractivity contribution in [3.63, 3.8) is 0 Å². The van der Waals surface area contributed by atoms with E-state index in [9.17, 15) is 0 Å². The molecule has 0 saturated heterocycles. The van der Waals surface area contributed by atoms with Gasteiger partial charge in [0.1, 0.15) is 0 Å². The molecular weight excluding hydrogens is 207 g/mol. The van der Waals surface area contributed by atoms with Crippen molar-refractivity contribution >= 4 is 46.7 Å². The maximum absolute atomic E-state index is 5.77. The molecule has 56 valence electrons. The summed E-state index contributed by atoms with van der Waals surface area (Å²) >= 11 is 13.9. The molecule has 0 unspecified atom stereocenters. The zero-order valence-corrected chi connectivity index (χ0v) is 8.72. The van der Waals surface area contributed by atoms with Crippen LogP contribution >= 0.6 is 46.7 Å². The van der Waals surface area contributed by atoms with Gasteiger partial charge in [0, 0.05) is 5.38 Å². The zero-order valence-electron chi connectivity index (χ0n) is 5.57. The Kier molecular flexibility index (Phi) is 6.67. The molecule has 0 rings (SSSR count). The first-order chi connectivity index (χ1) is 4.76. The summed E-state index contributed by atoms with van der Waals surface area (Å²) in [4.78, 5) is 0.823. The molecule has 0 spiro atoms. The second-order valence-electron chi connectivity index (χ2n) is 1.23. The summed E-state index contributed by atoms with van der Waals surface area (Å²) in [5.74, 6) is 2.69.